The molecule has 0 atom stereocenters. The summed E-state index contributed by atoms with van der Waals surface area (Å²) in [4.78, 5) is 36.8. The lowest BCUT2D eigenvalue weighted by molar-refractivity contribution is 0.0591. The van der Waals surface area contributed by atoms with E-state index in [1.165, 1.54) is 12.8 Å². The fourth-order valence-electron chi connectivity index (χ4n) is 6.47. The predicted molar refractivity (Wildman–Crippen MR) is 183 cm³/mol. The number of H-pyrrole nitrogens is 1. The molecule has 1 aromatic carbocycles. The molecule has 0 unspecified atom stereocenters. The average Bonchev–Trinajstić information content (AvgIpc) is 3.39. The highest BCUT2D eigenvalue weighted by Crippen LogP contribution is 2.41. The third-order valence-electron chi connectivity index (χ3n) is 8.82. The van der Waals surface area contributed by atoms with Crippen molar-refractivity contribution in [1.29, 1.82) is 0 Å². The maximum absolute atomic E-state index is 13.8. The molecule has 40 heavy (non-hydrogen) atoms. The van der Waals surface area contributed by atoms with Crippen LogP contribution in [-0.4, -0.2) is 94.0 Å². The van der Waals surface area contributed by atoms with Crippen molar-refractivity contribution in [1.82, 2.24) is 29.5 Å². The zero-order valence-corrected chi connectivity index (χ0v) is 29.1. The number of piperidine rings is 1. The Balaban J connectivity index is 1.18. The number of pyridine rings is 1. The van der Waals surface area contributed by atoms with Gasteiger partial charge in [-0.1, -0.05) is 0 Å². The first-order chi connectivity index (χ1) is 19.2. The van der Waals surface area contributed by atoms with Gasteiger partial charge in [0.2, 0.25) is 0 Å². The van der Waals surface area contributed by atoms with E-state index in [2.05, 4.69) is 87.7 Å². The smallest absolute Gasteiger partial charge is 0.259 e. The first-order valence-electron chi connectivity index (χ1n) is 14.1. The van der Waals surface area contributed by atoms with Crippen LogP contribution < -0.4 is 5.56 Å². The highest BCUT2D eigenvalue weighted by molar-refractivity contribution is 14.3. The van der Waals surface area contributed by atoms with Crippen LogP contribution in [0.4, 0.5) is 0 Å². The Kier molecular flexibility index (Phi) is 9.01. The number of likely N-dealkylation sites (tertiary alicyclic amines) is 1. The van der Waals surface area contributed by atoms with Gasteiger partial charge < -0.3 is 14.6 Å². The third-order valence-corrected chi connectivity index (χ3v) is 10.9. The van der Waals surface area contributed by atoms with E-state index in [0.717, 1.165) is 86.6 Å². The Bertz CT molecular complexity index is 1450. The van der Waals surface area contributed by atoms with Gasteiger partial charge in [0.15, 0.2) is -0.441 Å². The van der Waals surface area contributed by atoms with E-state index >= 15 is 0 Å². The highest BCUT2D eigenvalue weighted by Gasteiger charge is 2.32. The van der Waals surface area contributed by atoms with Crippen LogP contribution in [0, 0.1) is 12.8 Å². The molecule has 0 radical (unpaired) electrons. The molecule has 1 amide bonds. The van der Waals surface area contributed by atoms with E-state index in [1.54, 1.807) is 6.20 Å². The van der Waals surface area contributed by atoms with Crippen molar-refractivity contribution in [3.05, 3.63) is 39.8 Å². The van der Waals surface area contributed by atoms with Gasteiger partial charge in [-0.15, -0.1) is 0 Å². The van der Waals surface area contributed by atoms with Crippen LogP contribution in [0.15, 0.2) is 23.1 Å². The maximum Gasteiger partial charge on any atom is 0.259 e. The van der Waals surface area contributed by atoms with Crippen molar-refractivity contribution in [3.63, 3.8) is 0 Å². The lowest BCUT2D eigenvalue weighted by Crippen LogP contribution is -2.51. The monoisotopic (exact) mass is 884 g/mol. The SMILES string of the molecule is Cc1cc2[nH]c(=O)c3cnn(C4CCOCC4)c3c2cc1C(=O)N1CCN(CC2CCN(C(I)(I)I)CC2)CC1. The summed E-state index contributed by atoms with van der Waals surface area (Å²) >= 11 is 7.56. The zero-order valence-electron chi connectivity index (χ0n) is 22.7. The number of benzene rings is 1. The van der Waals surface area contributed by atoms with E-state index in [1.807, 2.05) is 28.6 Å². The summed E-state index contributed by atoms with van der Waals surface area (Å²) in [7, 11) is 0. The molecule has 1 N–H and O–H groups in total. The van der Waals surface area contributed by atoms with E-state index in [4.69, 9.17) is 4.74 Å². The second-order valence-electron chi connectivity index (χ2n) is 11.4. The Morgan fingerprint density at radius 2 is 1.73 bits per heavy atom. The molecule has 3 aliphatic heterocycles. The minimum absolute atomic E-state index is 0.0753. The number of aryl methyl sites for hydroxylation is 1. The van der Waals surface area contributed by atoms with Gasteiger partial charge in [-0.05, 0) is 124 Å². The van der Waals surface area contributed by atoms with Crippen molar-refractivity contribution >= 4 is 95.5 Å². The first-order valence-corrected chi connectivity index (χ1v) is 17.4. The molecular weight excluding hydrogens is 849 g/mol. The number of halogens is 3. The van der Waals surface area contributed by atoms with Gasteiger partial charge in [0.1, 0.15) is 0 Å². The fraction of sp³-hybridized carbons (Fsp3) is 0.607. The number of rotatable bonds is 5. The number of piperazine rings is 1. The molecule has 3 saturated heterocycles. The lowest BCUT2D eigenvalue weighted by Gasteiger charge is -2.40. The summed E-state index contributed by atoms with van der Waals surface area (Å²) in [6.07, 6.45) is 5.87. The summed E-state index contributed by atoms with van der Waals surface area (Å²) in [5.74, 6) is 0.809. The van der Waals surface area contributed by atoms with Crippen LogP contribution in [0.5, 0.6) is 0 Å². The largest absolute Gasteiger partial charge is 0.381 e. The van der Waals surface area contributed by atoms with E-state index in [0.29, 0.717) is 24.2 Å². The number of aromatic amines is 1. The molecule has 3 aromatic rings. The molecule has 0 aliphatic carbocycles. The van der Waals surface area contributed by atoms with E-state index in [-0.39, 0.29) is 17.1 Å². The number of amides is 1. The first kappa shape index (κ1) is 29.5. The van der Waals surface area contributed by atoms with Crippen LogP contribution in [0.25, 0.3) is 21.8 Å². The number of carbonyl (C=O) groups is 1. The van der Waals surface area contributed by atoms with Crippen LogP contribution >= 0.6 is 67.8 Å². The van der Waals surface area contributed by atoms with Crippen molar-refractivity contribution < 1.29 is 9.53 Å². The van der Waals surface area contributed by atoms with Gasteiger partial charge >= 0.3 is 0 Å². The van der Waals surface area contributed by atoms with Crippen molar-refractivity contribution in [2.45, 2.75) is 38.2 Å². The van der Waals surface area contributed by atoms with Crippen LogP contribution in [0.1, 0.15) is 47.6 Å². The van der Waals surface area contributed by atoms with Crippen molar-refractivity contribution in [3.8, 4) is 0 Å². The molecule has 9 nitrogen and oxygen atoms in total. The summed E-state index contributed by atoms with van der Waals surface area (Å²) in [6.45, 7) is 10.1. The Hall–Kier alpha value is -0.560. The topological polar surface area (TPSA) is 86.7 Å². The Labute approximate surface area is 275 Å². The molecule has 0 spiro atoms. The third kappa shape index (κ3) is 6.08. The van der Waals surface area contributed by atoms with Gasteiger partial charge in [0, 0.05) is 70.0 Å². The maximum atomic E-state index is 13.8. The van der Waals surface area contributed by atoms with E-state index in [9.17, 15) is 9.59 Å². The molecule has 0 saturated carbocycles. The number of hydrogen-bond acceptors (Lipinski definition) is 6. The number of carbonyl (C=O) groups excluding carboxylic acids is 1. The number of aromatic nitrogens is 3. The number of nitrogens with zero attached hydrogens (tertiary/aromatic N) is 5. The summed E-state index contributed by atoms with van der Waals surface area (Å²) in [5, 5.41) is 6.08. The number of fused-ring (bicyclic) bond motifs is 3. The fourth-order valence-corrected chi connectivity index (χ4v) is 7.92. The van der Waals surface area contributed by atoms with Crippen molar-refractivity contribution in [2.75, 3.05) is 59.0 Å². The average molecular weight is 884 g/mol. The molecule has 3 aliphatic rings. The van der Waals surface area contributed by atoms with Gasteiger partial charge in [-0.3, -0.25) is 24.1 Å². The molecule has 0 bridgehead atoms. The number of ether oxygens (including phenoxy) is 1. The van der Waals surface area contributed by atoms with Crippen LogP contribution in [0.2, 0.25) is 0 Å². The standard InChI is InChI=1S/C28H35I3N6O3/c1-18-14-24-22(25-23(26(38)33-24)16-32-37(25)20-4-12-40-13-5-20)15-21(18)27(39)35-10-8-34(9-11-35)17-19-2-6-36(7-3-19)28(29,30)31/h14-16,19-20H,2-13,17H2,1H3,(H,33,38). The molecule has 3 fully saturated rings. The molecule has 6 rings (SSSR count). The Morgan fingerprint density at radius 3 is 2.40 bits per heavy atom. The lowest BCUT2D eigenvalue weighted by atomic mass is 9.96. The van der Waals surface area contributed by atoms with Gasteiger partial charge in [-0.25, -0.2) is 0 Å². The molecule has 12 heteroatoms. The molecule has 216 valence electrons. The van der Waals surface area contributed by atoms with Crippen molar-refractivity contribution in [2.24, 2.45) is 5.92 Å². The summed E-state index contributed by atoms with van der Waals surface area (Å²) < 4.78 is 7.71. The quantitative estimate of drug-likeness (QED) is 0.223. The number of alkyl halides is 3. The number of nitrogens with one attached hydrogen (secondary N) is 1. The van der Waals surface area contributed by atoms with Gasteiger partial charge in [0.25, 0.3) is 11.5 Å². The highest BCUT2D eigenvalue weighted by atomic mass is 127. The Morgan fingerprint density at radius 1 is 1.02 bits per heavy atom. The second-order valence-corrected chi connectivity index (χ2v) is 22.2. The minimum atomic E-state index is -0.140. The molecular formula is C28H35I3N6O3. The number of hydrogen-bond donors (Lipinski definition) is 1. The van der Waals surface area contributed by atoms with Crippen LogP contribution in [-0.2, 0) is 4.74 Å². The zero-order chi connectivity index (χ0) is 28.0. The minimum Gasteiger partial charge on any atom is -0.381 e. The summed E-state index contributed by atoms with van der Waals surface area (Å²) in [6, 6.07) is 4.11. The van der Waals surface area contributed by atoms with Crippen LogP contribution in [0.3, 0.4) is 0 Å². The normalized spacial score (nSPS) is 21.1. The summed E-state index contributed by atoms with van der Waals surface area (Å²) in [5.41, 5.74) is 3.02. The van der Waals surface area contributed by atoms with Gasteiger partial charge in [0.05, 0.1) is 28.7 Å². The van der Waals surface area contributed by atoms with Gasteiger partial charge in [-0.2, -0.15) is 5.10 Å². The van der Waals surface area contributed by atoms with E-state index < -0.39 is 0 Å². The molecule has 2 aromatic heterocycles. The molecule has 5 heterocycles. The second kappa shape index (κ2) is 12.2. The predicted octanol–water partition coefficient (Wildman–Crippen LogP) is 4.92.